The lowest BCUT2D eigenvalue weighted by Gasteiger charge is -2.28. The Labute approximate surface area is 109 Å². The Balaban J connectivity index is 2.16. The number of carbonyl (C=O) groups excluding carboxylic acids is 1. The predicted molar refractivity (Wildman–Crippen MR) is 63.8 cm³/mol. The summed E-state index contributed by atoms with van der Waals surface area (Å²) in [6.45, 7) is 0. The van der Waals surface area contributed by atoms with Crippen LogP contribution in [0.4, 0.5) is 8.78 Å². The fourth-order valence-corrected chi connectivity index (χ4v) is 2.31. The fraction of sp³-hybridized carbons (Fsp3) is 0.462. The average Bonchev–Trinajstić information content (AvgIpc) is 2.30. The first-order valence-electron chi connectivity index (χ1n) is 6.16. The molecule has 0 saturated heterocycles. The number of phenolic OH excluding ortho intramolecular Hbond substituents is 1. The molecule has 2 atom stereocenters. The smallest absolute Gasteiger partial charge is 0.258 e. The number of carbonyl (C=O) groups is 1. The Kier molecular flexibility index (Phi) is 3.99. The lowest BCUT2D eigenvalue weighted by Crippen LogP contribution is -2.45. The van der Waals surface area contributed by atoms with E-state index in [9.17, 15) is 23.8 Å². The van der Waals surface area contributed by atoms with Gasteiger partial charge in [-0.05, 0) is 12.8 Å². The summed E-state index contributed by atoms with van der Waals surface area (Å²) in [5.74, 6) is -3.68. The number of phenols is 1. The van der Waals surface area contributed by atoms with Gasteiger partial charge in [0, 0.05) is 12.1 Å². The van der Waals surface area contributed by atoms with Crippen LogP contribution < -0.4 is 5.32 Å². The third-order valence-corrected chi connectivity index (χ3v) is 3.31. The molecular weight excluding hydrogens is 256 g/mol. The number of halogens is 2. The number of amides is 1. The van der Waals surface area contributed by atoms with Gasteiger partial charge in [-0.15, -0.1) is 0 Å². The van der Waals surface area contributed by atoms with E-state index in [1.54, 1.807) is 0 Å². The number of aromatic hydroxyl groups is 1. The number of hydrogen-bond acceptors (Lipinski definition) is 3. The summed E-state index contributed by atoms with van der Waals surface area (Å²) < 4.78 is 26.3. The Morgan fingerprint density at radius 1 is 1.26 bits per heavy atom. The van der Waals surface area contributed by atoms with Gasteiger partial charge >= 0.3 is 0 Å². The van der Waals surface area contributed by atoms with Crippen molar-refractivity contribution in [1.29, 1.82) is 0 Å². The highest BCUT2D eigenvalue weighted by molar-refractivity contribution is 5.97. The number of nitrogens with one attached hydrogen (secondary N) is 1. The van der Waals surface area contributed by atoms with Crippen LogP contribution in [0.15, 0.2) is 12.1 Å². The number of aliphatic hydroxyl groups excluding tert-OH is 1. The summed E-state index contributed by atoms with van der Waals surface area (Å²) in [6, 6.07) is 0.742. The normalized spacial score (nSPS) is 23.1. The van der Waals surface area contributed by atoms with Crippen LogP contribution in [0.25, 0.3) is 0 Å². The highest BCUT2D eigenvalue weighted by atomic mass is 19.1. The van der Waals surface area contributed by atoms with Crippen molar-refractivity contribution in [2.24, 2.45) is 0 Å². The molecule has 0 spiro atoms. The molecule has 0 heterocycles. The molecule has 1 aromatic carbocycles. The molecule has 0 radical (unpaired) electrons. The number of hydrogen-bond donors (Lipinski definition) is 3. The molecule has 19 heavy (non-hydrogen) atoms. The maximum atomic E-state index is 13.5. The van der Waals surface area contributed by atoms with Crippen molar-refractivity contribution in [3.05, 3.63) is 29.3 Å². The molecule has 2 unspecified atom stereocenters. The van der Waals surface area contributed by atoms with Gasteiger partial charge in [-0.3, -0.25) is 4.79 Å². The Morgan fingerprint density at radius 3 is 2.58 bits per heavy atom. The lowest BCUT2D eigenvalue weighted by molar-refractivity contribution is 0.0712. The van der Waals surface area contributed by atoms with Gasteiger partial charge in [-0.1, -0.05) is 12.8 Å². The van der Waals surface area contributed by atoms with E-state index >= 15 is 0 Å². The van der Waals surface area contributed by atoms with Crippen LogP contribution in [0, 0.1) is 11.6 Å². The van der Waals surface area contributed by atoms with Gasteiger partial charge in [0.25, 0.3) is 5.91 Å². The second kappa shape index (κ2) is 5.52. The summed E-state index contributed by atoms with van der Waals surface area (Å²) in [5.41, 5.74) is -0.598. The van der Waals surface area contributed by atoms with E-state index in [1.807, 2.05) is 0 Å². The number of benzene rings is 1. The van der Waals surface area contributed by atoms with E-state index in [1.165, 1.54) is 0 Å². The van der Waals surface area contributed by atoms with E-state index in [0.29, 0.717) is 25.0 Å². The quantitative estimate of drug-likeness (QED) is 0.767. The standard InChI is InChI=1S/C13H15F2NO3/c14-7-5-8(15)12(11(18)6-7)13(19)16-9-3-1-2-4-10(9)17/h5-6,9-10,17-18H,1-4H2,(H,16,19). The van der Waals surface area contributed by atoms with Crippen LogP contribution in [0.1, 0.15) is 36.0 Å². The Morgan fingerprint density at radius 2 is 1.95 bits per heavy atom. The largest absolute Gasteiger partial charge is 0.507 e. The Hall–Kier alpha value is -1.69. The molecule has 0 aliphatic heterocycles. The molecule has 0 aromatic heterocycles. The zero-order chi connectivity index (χ0) is 14.0. The van der Waals surface area contributed by atoms with Gasteiger partial charge in [0.05, 0.1) is 12.1 Å². The minimum absolute atomic E-state index is 0.467. The van der Waals surface area contributed by atoms with Gasteiger partial charge in [-0.2, -0.15) is 0 Å². The van der Waals surface area contributed by atoms with Crippen LogP contribution in [-0.2, 0) is 0 Å². The van der Waals surface area contributed by atoms with Crippen molar-refractivity contribution >= 4 is 5.91 Å². The van der Waals surface area contributed by atoms with Crippen molar-refractivity contribution in [2.75, 3.05) is 0 Å². The van der Waals surface area contributed by atoms with Crippen molar-refractivity contribution in [3.63, 3.8) is 0 Å². The lowest BCUT2D eigenvalue weighted by atomic mass is 9.92. The Bertz CT molecular complexity index is 470. The predicted octanol–water partition coefficient (Wildman–Crippen LogP) is 1.70. The van der Waals surface area contributed by atoms with E-state index in [0.717, 1.165) is 12.8 Å². The fourth-order valence-electron chi connectivity index (χ4n) is 2.31. The summed E-state index contributed by atoms with van der Waals surface area (Å²) in [5, 5.41) is 21.6. The molecule has 1 saturated carbocycles. The molecule has 0 bridgehead atoms. The second-order valence-electron chi connectivity index (χ2n) is 4.71. The molecule has 3 N–H and O–H groups in total. The molecule has 6 heteroatoms. The summed E-state index contributed by atoms with van der Waals surface area (Å²) >= 11 is 0. The highest BCUT2D eigenvalue weighted by Crippen LogP contribution is 2.24. The van der Waals surface area contributed by atoms with Crippen molar-refractivity contribution in [3.8, 4) is 5.75 Å². The molecule has 1 fully saturated rings. The molecule has 4 nitrogen and oxygen atoms in total. The summed E-state index contributed by atoms with van der Waals surface area (Å²) in [7, 11) is 0. The monoisotopic (exact) mass is 271 g/mol. The van der Waals surface area contributed by atoms with Gasteiger partial charge in [0.1, 0.15) is 22.9 Å². The summed E-state index contributed by atoms with van der Waals surface area (Å²) in [4.78, 5) is 11.9. The molecule has 1 amide bonds. The topological polar surface area (TPSA) is 69.6 Å². The zero-order valence-electron chi connectivity index (χ0n) is 10.2. The molecule has 104 valence electrons. The molecule has 1 aliphatic rings. The van der Waals surface area contributed by atoms with E-state index in [4.69, 9.17) is 0 Å². The van der Waals surface area contributed by atoms with Crippen LogP contribution in [0.3, 0.4) is 0 Å². The molecular formula is C13H15F2NO3. The third kappa shape index (κ3) is 3.01. The first-order chi connectivity index (χ1) is 8.99. The molecule has 1 aliphatic carbocycles. The minimum atomic E-state index is -1.12. The zero-order valence-corrected chi connectivity index (χ0v) is 10.2. The third-order valence-electron chi connectivity index (χ3n) is 3.31. The maximum Gasteiger partial charge on any atom is 0.258 e. The van der Waals surface area contributed by atoms with Crippen LogP contribution in [0.2, 0.25) is 0 Å². The number of rotatable bonds is 2. The first kappa shape index (κ1) is 13.7. The number of aliphatic hydroxyl groups is 1. The average molecular weight is 271 g/mol. The molecule has 2 rings (SSSR count). The first-order valence-corrected chi connectivity index (χ1v) is 6.16. The second-order valence-corrected chi connectivity index (χ2v) is 4.71. The van der Waals surface area contributed by atoms with Gasteiger partial charge in [0.15, 0.2) is 0 Å². The highest BCUT2D eigenvalue weighted by Gasteiger charge is 2.27. The van der Waals surface area contributed by atoms with Crippen LogP contribution in [0.5, 0.6) is 5.75 Å². The SMILES string of the molecule is O=C(NC1CCCCC1O)c1c(O)cc(F)cc1F. The van der Waals surface area contributed by atoms with Crippen LogP contribution >= 0.6 is 0 Å². The van der Waals surface area contributed by atoms with Gasteiger partial charge in [0.2, 0.25) is 0 Å². The van der Waals surface area contributed by atoms with E-state index in [2.05, 4.69) is 5.32 Å². The van der Waals surface area contributed by atoms with Crippen molar-refractivity contribution in [1.82, 2.24) is 5.32 Å². The van der Waals surface area contributed by atoms with E-state index < -0.39 is 41.0 Å². The maximum absolute atomic E-state index is 13.5. The van der Waals surface area contributed by atoms with Crippen LogP contribution in [-0.4, -0.2) is 28.3 Å². The summed E-state index contributed by atoms with van der Waals surface area (Å²) in [6.07, 6.45) is 2.23. The van der Waals surface area contributed by atoms with Gasteiger partial charge in [-0.25, -0.2) is 8.78 Å². The van der Waals surface area contributed by atoms with Crippen molar-refractivity contribution in [2.45, 2.75) is 37.8 Å². The van der Waals surface area contributed by atoms with Crippen molar-refractivity contribution < 1.29 is 23.8 Å². The van der Waals surface area contributed by atoms with Gasteiger partial charge < -0.3 is 15.5 Å². The minimum Gasteiger partial charge on any atom is -0.507 e. The molecule has 1 aromatic rings. The van der Waals surface area contributed by atoms with E-state index in [-0.39, 0.29) is 0 Å².